The molecular formula is C10H21N. The highest BCUT2D eigenvalue weighted by atomic mass is 14.9. The summed E-state index contributed by atoms with van der Waals surface area (Å²) in [6.07, 6.45) is 7.02. The zero-order valence-electron chi connectivity index (χ0n) is 8.11. The van der Waals surface area contributed by atoms with Crippen LogP contribution in [0.4, 0.5) is 0 Å². The molecule has 11 heavy (non-hydrogen) atoms. The summed E-state index contributed by atoms with van der Waals surface area (Å²) < 4.78 is 0. The third-order valence-electron chi connectivity index (χ3n) is 3.35. The second-order valence-corrected chi connectivity index (χ2v) is 4.12. The van der Waals surface area contributed by atoms with Crippen LogP contribution in [0, 0.1) is 5.92 Å². The van der Waals surface area contributed by atoms with Gasteiger partial charge in [-0.2, -0.15) is 0 Å². The lowest BCUT2D eigenvalue weighted by molar-refractivity contribution is 0.178. The van der Waals surface area contributed by atoms with Crippen molar-refractivity contribution in [2.45, 2.75) is 51.5 Å². The fourth-order valence-corrected chi connectivity index (χ4v) is 2.30. The van der Waals surface area contributed by atoms with Crippen molar-refractivity contribution >= 4 is 0 Å². The van der Waals surface area contributed by atoms with Crippen LogP contribution in [-0.2, 0) is 0 Å². The van der Waals surface area contributed by atoms with Crippen LogP contribution in [0.1, 0.15) is 46.0 Å². The molecule has 0 spiro atoms. The minimum atomic E-state index is 0.470. The Hall–Kier alpha value is -0.0400. The molecule has 1 rings (SSSR count). The summed E-state index contributed by atoms with van der Waals surface area (Å²) in [5, 5.41) is 3.52. The Balaban J connectivity index is 2.57. The molecule has 1 N–H and O–H groups in total. The highest BCUT2D eigenvalue weighted by Gasteiger charge is 2.32. The van der Waals surface area contributed by atoms with Crippen LogP contribution in [-0.4, -0.2) is 12.6 Å². The Morgan fingerprint density at radius 2 is 1.64 bits per heavy atom. The predicted molar refractivity (Wildman–Crippen MR) is 49.7 cm³/mol. The van der Waals surface area contributed by atoms with E-state index in [0.717, 1.165) is 5.92 Å². The van der Waals surface area contributed by atoms with Gasteiger partial charge in [-0.05, 0) is 25.8 Å². The first-order valence-electron chi connectivity index (χ1n) is 4.90. The van der Waals surface area contributed by atoms with Crippen LogP contribution in [0.2, 0.25) is 0 Å². The molecule has 0 aromatic rings. The normalized spacial score (nSPS) is 24.0. The first-order chi connectivity index (χ1) is 5.21. The highest BCUT2D eigenvalue weighted by molar-refractivity contribution is 4.91. The van der Waals surface area contributed by atoms with Gasteiger partial charge in [-0.25, -0.2) is 0 Å². The monoisotopic (exact) mass is 155 g/mol. The number of hydrogen-bond acceptors (Lipinski definition) is 1. The average Bonchev–Trinajstić information content (AvgIpc) is 2.05. The maximum absolute atomic E-state index is 3.52. The van der Waals surface area contributed by atoms with Gasteiger partial charge in [-0.1, -0.05) is 33.1 Å². The first kappa shape index (κ1) is 9.05. The Kier molecular flexibility index (Phi) is 2.94. The zero-order valence-corrected chi connectivity index (χ0v) is 8.11. The van der Waals surface area contributed by atoms with E-state index in [9.17, 15) is 0 Å². The molecule has 0 radical (unpaired) electrons. The summed E-state index contributed by atoms with van der Waals surface area (Å²) in [6, 6.07) is 0. The average molecular weight is 155 g/mol. The molecule has 1 nitrogen and oxygen atoms in total. The molecule has 0 atom stereocenters. The smallest absolute Gasteiger partial charge is 0.0201 e. The molecule has 0 heterocycles. The lowest BCUT2D eigenvalue weighted by Crippen LogP contribution is -2.48. The van der Waals surface area contributed by atoms with Crippen LogP contribution in [0.5, 0.6) is 0 Å². The number of hydrogen-bond donors (Lipinski definition) is 1. The van der Waals surface area contributed by atoms with Gasteiger partial charge in [0.15, 0.2) is 0 Å². The van der Waals surface area contributed by atoms with E-state index in [1.54, 1.807) is 0 Å². The molecule has 1 fully saturated rings. The molecule has 1 aliphatic rings. The van der Waals surface area contributed by atoms with Gasteiger partial charge in [-0.15, -0.1) is 0 Å². The SMILES string of the molecule is CNC1(C(C)C)CCCCC1. The van der Waals surface area contributed by atoms with Crippen LogP contribution in [0.3, 0.4) is 0 Å². The Morgan fingerprint density at radius 1 is 1.09 bits per heavy atom. The molecule has 0 aliphatic heterocycles. The van der Waals surface area contributed by atoms with Crippen molar-refractivity contribution in [3.8, 4) is 0 Å². The van der Waals surface area contributed by atoms with Gasteiger partial charge in [-0.3, -0.25) is 0 Å². The second kappa shape index (κ2) is 3.57. The van der Waals surface area contributed by atoms with Gasteiger partial charge >= 0.3 is 0 Å². The van der Waals surface area contributed by atoms with Crippen molar-refractivity contribution in [2.75, 3.05) is 7.05 Å². The van der Waals surface area contributed by atoms with Crippen molar-refractivity contribution in [1.29, 1.82) is 0 Å². The molecular weight excluding hydrogens is 134 g/mol. The lowest BCUT2D eigenvalue weighted by atomic mass is 9.74. The minimum Gasteiger partial charge on any atom is -0.314 e. The third-order valence-corrected chi connectivity index (χ3v) is 3.35. The van der Waals surface area contributed by atoms with Crippen molar-refractivity contribution in [2.24, 2.45) is 5.92 Å². The van der Waals surface area contributed by atoms with Crippen LogP contribution < -0.4 is 5.32 Å². The molecule has 1 aliphatic carbocycles. The van der Waals surface area contributed by atoms with Crippen molar-refractivity contribution < 1.29 is 0 Å². The predicted octanol–water partition coefficient (Wildman–Crippen LogP) is 2.56. The van der Waals surface area contributed by atoms with Gasteiger partial charge in [0, 0.05) is 5.54 Å². The van der Waals surface area contributed by atoms with Gasteiger partial charge in [0.1, 0.15) is 0 Å². The summed E-state index contributed by atoms with van der Waals surface area (Å²) in [7, 11) is 2.12. The molecule has 0 aromatic heterocycles. The van der Waals surface area contributed by atoms with Gasteiger partial charge in [0.05, 0.1) is 0 Å². The fraction of sp³-hybridized carbons (Fsp3) is 1.00. The zero-order chi connectivity index (χ0) is 8.32. The molecule has 0 saturated heterocycles. The molecule has 0 bridgehead atoms. The van der Waals surface area contributed by atoms with Crippen LogP contribution in [0.15, 0.2) is 0 Å². The molecule has 1 heteroatoms. The molecule has 0 amide bonds. The van der Waals surface area contributed by atoms with Crippen molar-refractivity contribution in [1.82, 2.24) is 5.32 Å². The Morgan fingerprint density at radius 3 is 1.91 bits per heavy atom. The fourth-order valence-electron chi connectivity index (χ4n) is 2.30. The maximum Gasteiger partial charge on any atom is 0.0201 e. The number of rotatable bonds is 2. The van der Waals surface area contributed by atoms with Crippen LogP contribution >= 0.6 is 0 Å². The van der Waals surface area contributed by atoms with E-state index in [1.807, 2.05) is 0 Å². The minimum absolute atomic E-state index is 0.470. The molecule has 0 aromatic carbocycles. The quantitative estimate of drug-likeness (QED) is 0.646. The number of nitrogens with one attached hydrogen (secondary N) is 1. The van der Waals surface area contributed by atoms with Crippen molar-refractivity contribution in [3.05, 3.63) is 0 Å². The van der Waals surface area contributed by atoms with E-state index in [0.29, 0.717) is 5.54 Å². The van der Waals surface area contributed by atoms with Gasteiger partial charge in [0.2, 0.25) is 0 Å². The molecule has 66 valence electrons. The lowest BCUT2D eigenvalue weighted by Gasteiger charge is -2.40. The molecule has 0 unspecified atom stereocenters. The summed E-state index contributed by atoms with van der Waals surface area (Å²) in [4.78, 5) is 0. The largest absolute Gasteiger partial charge is 0.314 e. The molecule has 1 saturated carbocycles. The Labute approximate surface area is 70.6 Å². The Bertz CT molecular complexity index is 112. The van der Waals surface area contributed by atoms with E-state index >= 15 is 0 Å². The summed E-state index contributed by atoms with van der Waals surface area (Å²) in [5.41, 5.74) is 0.470. The highest BCUT2D eigenvalue weighted by Crippen LogP contribution is 2.33. The van der Waals surface area contributed by atoms with E-state index in [2.05, 4.69) is 26.2 Å². The summed E-state index contributed by atoms with van der Waals surface area (Å²) in [5.74, 6) is 0.785. The summed E-state index contributed by atoms with van der Waals surface area (Å²) in [6.45, 7) is 4.67. The summed E-state index contributed by atoms with van der Waals surface area (Å²) >= 11 is 0. The van der Waals surface area contributed by atoms with E-state index in [1.165, 1.54) is 32.1 Å². The first-order valence-corrected chi connectivity index (χ1v) is 4.90. The van der Waals surface area contributed by atoms with Crippen LogP contribution in [0.25, 0.3) is 0 Å². The standard InChI is InChI=1S/C10H21N/c1-9(2)10(11-3)7-5-4-6-8-10/h9,11H,4-8H2,1-3H3. The van der Waals surface area contributed by atoms with E-state index < -0.39 is 0 Å². The topological polar surface area (TPSA) is 12.0 Å². The maximum atomic E-state index is 3.52. The van der Waals surface area contributed by atoms with E-state index in [-0.39, 0.29) is 0 Å². The van der Waals surface area contributed by atoms with Gasteiger partial charge < -0.3 is 5.32 Å². The van der Waals surface area contributed by atoms with Crippen molar-refractivity contribution in [3.63, 3.8) is 0 Å². The van der Waals surface area contributed by atoms with E-state index in [4.69, 9.17) is 0 Å². The van der Waals surface area contributed by atoms with Gasteiger partial charge in [0.25, 0.3) is 0 Å². The third kappa shape index (κ3) is 1.76. The second-order valence-electron chi connectivity index (χ2n) is 4.12.